The van der Waals surface area contributed by atoms with Gasteiger partial charge in [-0.2, -0.15) is 5.26 Å². The fraction of sp³-hybridized carbons (Fsp3) is 0.400. The zero-order valence-electron chi connectivity index (χ0n) is 17.8. The minimum Gasteiger partial charge on any atom is -0.398 e. The van der Waals surface area contributed by atoms with E-state index in [0.717, 1.165) is 35.2 Å². The van der Waals surface area contributed by atoms with Gasteiger partial charge in [-0.15, -0.1) is 0 Å². The lowest BCUT2D eigenvalue weighted by Gasteiger charge is -2.17. The highest BCUT2D eigenvalue weighted by Gasteiger charge is 2.14. The summed E-state index contributed by atoms with van der Waals surface area (Å²) in [5.74, 6) is 0. The van der Waals surface area contributed by atoms with Crippen LogP contribution >= 0.6 is 0 Å². The Bertz CT molecular complexity index is 821. The highest BCUT2D eigenvalue weighted by Crippen LogP contribution is 2.33. The summed E-state index contributed by atoms with van der Waals surface area (Å²) in [5, 5.41) is 9.37. The van der Waals surface area contributed by atoms with Crippen molar-refractivity contribution in [1.29, 1.82) is 5.26 Å². The number of allylic oxidation sites excluding steroid dienone is 1. The van der Waals surface area contributed by atoms with Crippen LogP contribution in [0.3, 0.4) is 0 Å². The topological polar surface area (TPSA) is 49.8 Å². The molecule has 2 N–H and O–H groups in total. The van der Waals surface area contributed by atoms with E-state index in [0.29, 0.717) is 0 Å². The van der Waals surface area contributed by atoms with Crippen molar-refractivity contribution < 1.29 is 0 Å². The van der Waals surface area contributed by atoms with Crippen molar-refractivity contribution in [2.24, 2.45) is 0 Å². The molecule has 0 bridgehead atoms. The smallest absolute Gasteiger partial charge is 0.0994 e. The van der Waals surface area contributed by atoms with Gasteiger partial charge in [0.25, 0.3) is 0 Å². The molecule has 0 heterocycles. The Morgan fingerprint density at radius 1 is 1.00 bits per heavy atom. The predicted octanol–water partition coefficient (Wildman–Crippen LogP) is 6.97. The van der Waals surface area contributed by atoms with Crippen LogP contribution in [0.15, 0.2) is 36.4 Å². The van der Waals surface area contributed by atoms with Crippen LogP contribution < -0.4 is 5.73 Å². The summed E-state index contributed by atoms with van der Waals surface area (Å²) in [5.41, 5.74) is 14.6. The maximum absolute atomic E-state index is 9.37. The van der Waals surface area contributed by atoms with Gasteiger partial charge in [-0.25, -0.2) is 0 Å². The number of anilines is 1. The summed E-state index contributed by atoms with van der Waals surface area (Å²) >= 11 is 0. The maximum Gasteiger partial charge on any atom is 0.0994 e. The van der Waals surface area contributed by atoms with Gasteiger partial charge in [0.05, 0.1) is 11.6 Å². The molecule has 0 unspecified atom stereocenters. The van der Waals surface area contributed by atoms with Crippen LogP contribution in [-0.4, -0.2) is 0 Å². The number of nitrogens with zero attached hydrogens (tertiary/aromatic N) is 1. The van der Waals surface area contributed by atoms with Crippen LogP contribution in [0.5, 0.6) is 0 Å². The fourth-order valence-corrected chi connectivity index (χ4v) is 3.08. The van der Waals surface area contributed by atoms with Crippen LogP contribution in [0.4, 0.5) is 5.69 Å². The highest BCUT2D eigenvalue weighted by atomic mass is 14.6. The van der Waals surface area contributed by atoms with Gasteiger partial charge in [0.2, 0.25) is 0 Å². The molecule has 0 aliphatic rings. The molecular weight excluding hydrogens is 328 g/mol. The molecule has 2 aromatic rings. The molecule has 2 heteroatoms. The molecule has 0 aromatic heterocycles. The van der Waals surface area contributed by atoms with Crippen LogP contribution in [-0.2, 0) is 6.42 Å². The van der Waals surface area contributed by atoms with Crippen molar-refractivity contribution in [1.82, 2.24) is 0 Å². The van der Waals surface area contributed by atoms with Crippen LogP contribution in [0, 0.1) is 25.2 Å². The van der Waals surface area contributed by atoms with Crippen molar-refractivity contribution in [3.05, 3.63) is 69.8 Å². The lowest BCUT2D eigenvalue weighted by Crippen LogP contribution is -2.01. The Labute approximate surface area is 165 Å². The molecule has 0 aliphatic heterocycles. The van der Waals surface area contributed by atoms with Gasteiger partial charge in [0.15, 0.2) is 0 Å². The molecule has 0 spiro atoms. The maximum atomic E-state index is 9.37. The Kier molecular flexibility index (Phi) is 9.37. The largest absolute Gasteiger partial charge is 0.398 e. The first-order chi connectivity index (χ1) is 12.9. The summed E-state index contributed by atoms with van der Waals surface area (Å²) in [7, 11) is 0. The molecule has 144 valence electrons. The summed E-state index contributed by atoms with van der Waals surface area (Å²) in [6.45, 7) is 12.7. The van der Waals surface area contributed by atoms with Gasteiger partial charge in [0.1, 0.15) is 0 Å². The minimum atomic E-state index is 0.731. The lowest BCUT2D eigenvalue weighted by atomic mass is 9.87. The van der Waals surface area contributed by atoms with Gasteiger partial charge >= 0.3 is 0 Å². The number of hydrogen-bond donors (Lipinski definition) is 1. The van der Waals surface area contributed by atoms with Gasteiger partial charge in [-0.3, -0.25) is 0 Å². The number of hydrogen-bond acceptors (Lipinski definition) is 2. The number of rotatable bonds is 5. The van der Waals surface area contributed by atoms with Gasteiger partial charge in [0, 0.05) is 5.69 Å². The van der Waals surface area contributed by atoms with Gasteiger partial charge in [-0.05, 0) is 72.2 Å². The van der Waals surface area contributed by atoms with Crippen LogP contribution in [0.2, 0.25) is 0 Å². The van der Waals surface area contributed by atoms with Gasteiger partial charge < -0.3 is 5.73 Å². The Morgan fingerprint density at radius 2 is 1.67 bits per heavy atom. The van der Waals surface area contributed by atoms with E-state index < -0.39 is 0 Å². The van der Waals surface area contributed by atoms with Crippen LogP contribution in [0.25, 0.3) is 5.57 Å². The van der Waals surface area contributed by atoms with E-state index in [1.807, 2.05) is 25.1 Å². The van der Waals surface area contributed by atoms with E-state index in [-0.39, 0.29) is 0 Å². The quantitative estimate of drug-likeness (QED) is 0.584. The Balaban J connectivity index is 0.000000828. The van der Waals surface area contributed by atoms with E-state index in [9.17, 15) is 5.26 Å². The molecule has 0 aliphatic carbocycles. The third kappa shape index (κ3) is 5.73. The molecule has 0 amide bonds. The predicted molar refractivity (Wildman–Crippen MR) is 119 cm³/mol. The van der Waals surface area contributed by atoms with E-state index in [1.54, 1.807) is 0 Å². The van der Waals surface area contributed by atoms with Crippen LogP contribution in [0.1, 0.15) is 80.3 Å². The number of unbranched alkanes of at least 4 members (excludes halogenated alkanes) is 1. The number of nitrogen functional groups attached to an aromatic ring is 1. The molecular formula is C25H34N2. The molecule has 0 saturated heterocycles. The van der Waals surface area contributed by atoms with E-state index in [4.69, 9.17) is 5.73 Å². The Morgan fingerprint density at radius 3 is 2.19 bits per heavy atom. The first-order valence-corrected chi connectivity index (χ1v) is 10.0. The second kappa shape index (κ2) is 11.2. The molecule has 0 atom stereocenters. The third-order valence-electron chi connectivity index (χ3n) is 4.75. The number of nitrogens with two attached hydrogens (primary N) is 1. The van der Waals surface area contributed by atoms with E-state index in [1.165, 1.54) is 35.1 Å². The van der Waals surface area contributed by atoms with Gasteiger partial charge in [-0.1, -0.05) is 64.8 Å². The monoisotopic (exact) mass is 362 g/mol. The van der Waals surface area contributed by atoms with Crippen molar-refractivity contribution in [3.63, 3.8) is 0 Å². The summed E-state index contributed by atoms with van der Waals surface area (Å²) in [6.07, 6.45) is 6.69. The minimum absolute atomic E-state index is 0.731. The average molecular weight is 363 g/mol. The summed E-state index contributed by atoms with van der Waals surface area (Å²) in [4.78, 5) is 0. The summed E-state index contributed by atoms with van der Waals surface area (Å²) < 4.78 is 0. The van der Waals surface area contributed by atoms with Crippen molar-refractivity contribution in [2.75, 3.05) is 5.73 Å². The molecule has 2 rings (SSSR count). The molecule has 2 aromatic carbocycles. The normalized spacial score (nSPS) is 10.8. The summed E-state index contributed by atoms with van der Waals surface area (Å²) in [6, 6.07) is 12.5. The number of benzene rings is 2. The van der Waals surface area contributed by atoms with E-state index in [2.05, 4.69) is 58.9 Å². The zero-order valence-corrected chi connectivity index (χ0v) is 17.8. The van der Waals surface area contributed by atoms with E-state index >= 15 is 0 Å². The second-order valence-corrected chi connectivity index (χ2v) is 6.85. The SMILES string of the molecule is CC/C=C(\c1cc(C#N)c(C)cc1C)c1cccc(N)c1CC.CCCC. The first-order valence-electron chi connectivity index (χ1n) is 10.0. The van der Waals surface area contributed by atoms with Crippen molar-refractivity contribution >= 4 is 11.3 Å². The molecule has 27 heavy (non-hydrogen) atoms. The molecule has 0 radical (unpaired) electrons. The third-order valence-corrected chi connectivity index (χ3v) is 4.75. The fourth-order valence-electron chi connectivity index (χ4n) is 3.08. The average Bonchev–Trinajstić information content (AvgIpc) is 2.67. The molecule has 0 fully saturated rings. The first kappa shape index (κ1) is 22.5. The molecule has 2 nitrogen and oxygen atoms in total. The number of aryl methyl sites for hydroxylation is 2. The zero-order chi connectivity index (χ0) is 20.4. The lowest BCUT2D eigenvalue weighted by molar-refractivity contribution is 0.886. The second-order valence-electron chi connectivity index (χ2n) is 6.85. The van der Waals surface area contributed by atoms with Crippen molar-refractivity contribution in [3.8, 4) is 6.07 Å². The standard InChI is InChI=1S/C21H24N2.C4H10/c1-5-8-18(19-9-7-10-21(23)17(19)6-2)20-12-16(13-22)14(3)11-15(20)4;1-3-4-2/h7-12H,5-6,23H2,1-4H3;3-4H2,1-2H3/b18-8-;. The van der Waals surface area contributed by atoms with Crippen molar-refractivity contribution in [2.45, 2.75) is 67.2 Å². The Hall–Kier alpha value is -2.53. The molecule has 0 saturated carbocycles. The highest BCUT2D eigenvalue weighted by molar-refractivity contribution is 5.85. The number of nitriles is 1.